The second kappa shape index (κ2) is 6.15. The number of nitrogens with one attached hydrogen (secondary N) is 1. The van der Waals surface area contributed by atoms with E-state index in [1.807, 2.05) is 0 Å². The number of anilines is 1. The Morgan fingerprint density at radius 3 is 2.65 bits per heavy atom. The predicted molar refractivity (Wildman–Crippen MR) is 85.4 cm³/mol. The molecular weight excluding hydrogens is 246 g/mol. The van der Waals surface area contributed by atoms with E-state index in [1.165, 1.54) is 50.1 Å². The zero-order chi connectivity index (χ0) is 13.9. The van der Waals surface area contributed by atoms with E-state index in [2.05, 4.69) is 53.5 Å². The van der Waals surface area contributed by atoms with Gasteiger partial charge in [-0.2, -0.15) is 0 Å². The third-order valence-corrected chi connectivity index (χ3v) is 4.97. The zero-order valence-corrected chi connectivity index (χ0v) is 12.8. The van der Waals surface area contributed by atoms with E-state index in [0.29, 0.717) is 5.92 Å². The second-order valence-electron chi connectivity index (χ2n) is 6.50. The molecule has 2 aliphatic heterocycles. The molecule has 2 heterocycles. The molecule has 1 atom stereocenters. The normalized spacial score (nSPS) is 24.4. The van der Waals surface area contributed by atoms with Crippen molar-refractivity contribution >= 4 is 5.69 Å². The SMILES string of the molecule is CN(C)C1CCN(CC2CCNc3ccccc32)CC1. The molecule has 0 amide bonds. The highest BCUT2D eigenvalue weighted by Crippen LogP contribution is 2.32. The van der Waals surface area contributed by atoms with Crippen molar-refractivity contribution in [3.05, 3.63) is 29.8 Å². The molecule has 1 fully saturated rings. The van der Waals surface area contributed by atoms with Gasteiger partial charge in [0.05, 0.1) is 0 Å². The van der Waals surface area contributed by atoms with Crippen LogP contribution in [0.25, 0.3) is 0 Å². The molecule has 3 nitrogen and oxygen atoms in total. The largest absolute Gasteiger partial charge is 0.385 e. The average Bonchev–Trinajstić information content (AvgIpc) is 2.48. The summed E-state index contributed by atoms with van der Waals surface area (Å²) >= 11 is 0. The molecule has 0 spiro atoms. The second-order valence-corrected chi connectivity index (χ2v) is 6.50. The van der Waals surface area contributed by atoms with Gasteiger partial charge >= 0.3 is 0 Å². The van der Waals surface area contributed by atoms with Gasteiger partial charge in [-0.3, -0.25) is 0 Å². The Kier molecular flexibility index (Phi) is 4.27. The van der Waals surface area contributed by atoms with Gasteiger partial charge < -0.3 is 15.1 Å². The van der Waals surface area contributed by atoms with E-state index in [9.17, 15) is 0 Å². The molecule has 1 saturated heterocycles. The lowest BCUT2D eigenvalue weighted by molar-refractivity contribution is 0.138. The highest BCUT2D eigenvalue weighted by Gasteiger charge is 2.25. The van der Waals surface area contributed by atoms with E-state index in [0.717, 1.165) is 12.6 Å². The highest BCUT2D eigenvalue weighted by atomic mass is 15.2. The Bertz CT molecular complexity index is 436. The van der Waals surface area contributed by atoms with Crippen LogP contribution in [0.5, 0.6) is 0 Å². The van der Waals surface area contributed by atoms with Gasteiger partial charge in [0.25, 0.3) is 0 Å². The van der Waals surface area contributed by atoms with E-state index in [4.69, 9.17) is 0 Å². The Hall–Kier alpha value is -1.06. The van der Waals surface area contributed by atoms with Crippen LogP contribution in [0.1, 0.15) is 30.7 Å². The number of hydrogen-bond acceptors (Lipinski definition) is 3. The Morgan fingerprint density at radius 1 is 1.15 bits per heavy atom. The molecule has 3 heteroatoms. The standard InChI is InChI=1S/C17H27N3/c1-19(2)15-8-11-20(12-9-15)13-14-7-10-18-17-6-4-3-5-16(14)17/h3-6,14-15,18H,7-13H2,1-2H3. The van der Waals surface area contributed by atoms with Crippen LogP contribution in [0, 0.1) is 0 Å². The summed E-state index contributed by atoms with van der Waals surface area (Å²) < 4.78 is 0. The first kappa shape index (κ1) is 13.9. The lowest BCUT2D eigenvalue weighted by Crippen LogP contribution is -2.43. The third kappa shape index (κ3) is 2.99. The van der Waals surface area contributed by atoms with Crippen LogP contribution in [-0.2, 0) is 0 Å². The molecule has 1 unspecified atom stereocenters. The molecule has 20 heavy (non-hydrogen) atoms. The van der Waals surface area contributed by atoms with Crippen molar-refractivity contribution in [3.63, 3.8) is 0 Å². The molecule has 0 bridgehead atoms. The minimum atomic E-state index is 0.711. The van der Waals surface area contributed by atoms with Gasteiger partial charge in [-0.05, 0) is 58.1 Å². The lowest BCUT2D eigenvalue weighted by atomic mass is 9.90. The molecule has 1 aromatic carbocycles. The predicted octanol–water partition coefficient (Wildman–Crippen LogP) is 2.61. The maximum atomic E-state index is 3.53. The Labute approximate surface area is 123 Å². The Morgan fingerprint density at radius 2 is 1.90 bits per heavy atom. The molecule has 1 N–H and O–H groups in total. The molecule has 110 valence electrons. The summed E-state index contributed by atoms with van der Waals surface area (Å²) in [5.74, 6) is 0.711. The lowest BCUT2D eigenvalue weighted by Gasteiger charge is -2.38. The van der Waals surface area contributed by atoms with Crippen LogP contribution in [0.4, 0.5) is 5.69 Å². The maximum absolute atomic E-state index is 3.53. The zero-order valence-electron chi connectivity index (χ0n) is 12.8. The minimum absolute atomic E-state index is 0.711. The van der Waals surface area contributed by atoms with Crippen LogP contribution < -0.4 is 5.32 Å². The van der Waals surface area contributed by atoms with Gasteiger partial charge in [0, 0.05) is 30.7 Å². The summed E-state index contributed by atoms with van der Waals surface area (Å²) in [4.78, 5) is 5.06. The summed E-state index contributed by atoms with van der Waals surface area (Å²) in [6, 6.07) is 9.62. The van der Waals surface area contributed by atoms with Crippen molar-refractivity contribution in [2.75, 3.05) is 45.6 Å². The van der Waals surface area contributed by atoms with Gasteiger partial charge in [0.1, 0.15) is 0 Å². The molecule has 3 rings (SSSR count). The van der Waals surface area contributed by atoms with Crippen LogP contribution in [-0.4, -0.2) is 56.1 Å². The highest BCUT2D eigenvalue weighted by molar-refractivity contribution is 5.54. The van der Waals surface area contributed by atoms with Gasteiger partial charge in [0.2, 0.25) is 0 Å². The molecule has 0 aromatic heterocycles. The molecule has 0 saturated carbocycles. The summed E-state index contributed by atoms with van der Waals surface area (Å²) in [7, 11) is 4.42. The Balaban J connectivity index is 1.60. The van der Waals surface area contributed by atoms with Crippen LogP contribution >= 0.6 is 0 Å². The molecule has 0 aliphatic carbocycles. The number of hydrogen-bond donors (Lipinski definition) is 1. The van der Waals surface area contributed by atoms with Gasteiger partial charge in [0.15, 0.2) is 0 Å². The average molecular weight is 273 g/mol. The quantitative estimate of drug-likeness (QED) is 0.913. The van der Waals surface area contributed by atoms with E-state index < -0.39 is 0 Å². The molecule has 2 aliphatic rings. The van der Waals surface area contributed by atoms with Crippen molar-refractivity contribution in [1.29, 1.82) is 0 Å². The van der Waals surface area contributed by atoms with E-state index in [1.54, 1.807) is 0 Å². The van der Waals surface area contributed by atoms with Crippen LogP contribution in [0.15, 0.2) is 24.3 Å². The third-order valence-electron chi connectivity index (χ3n) is 4.97. The topological polar surface area (TPSA) is 18.5 Å². The molecule has 0 radical (unpaired) electrons. The van der Waals surface area contributed by atoms with Crippen molar-refractivity contribution in [1.82, 2.24) is 9.80 Å². The number of piperidine rings is 1. The summed E-state index contributed by atoms with van der Waals surface area (Å²) in [5, 5.41) is 3.53. The van der Waals surface area contributed by atoms with Crippen LogP contribution in [0.3, 0.4) is 0 Å². The van der Waals surface area contributed by atoms with Gasteiger partial charge in [-0.15, -0.1) is 0 Å². The number of benzene rings is 1. The number of fused-ring (bicyclic) bond motifs is 1. The van der Waals surface area contributed by atoms with Gasteiger partial charge in [-0.25, -0.2) is 0 Å². The van der Waals surface area contributed by atoms with E-state index >= 15 is 0 Å². The molecular formula is C17H27N3. The fourth-order valence-electron chi connectivity index (χ4n) is 3.67. The molecule has 1 aromatic rings. The minimum Gasteiger partial charge on any atom is -0.385 e. The summed E-state index contributed by atoms with van der Waals surface area (Å²) in [5.41, 5.74) is 2.88. The number of para-hydroxylation sites is 1. The van der Waals surface area contributed by atoms with Crippen molar-refractivity contribution in [2.24, 2.45) is 0 Å². The first-order valence-corrected chi connectivity index (χ1v) is 7.95. The van der Waals surface area contributed by atoms with Crippen molar-refractivity contribution in [2.45, 2.75) is 31.2 Å². The number of likely N-dealkylation sites (tertiary alicyclic amines) is 1. The van der Waals surface area contributed by atoms with Crippen LogP contribution in [0.2, 0.25) is 0 Å². The monoisotopic (exact) mass is 273 g/mol. The number of rotatable bonds is 3. The first-order valence-electron chi connectivity index (χ1n) is 7.95. The fraction of sp³-hybridized carbons (Fsp3) is 0.647. The van der Waals surface area contributed by atoms with Crippen molar-refractivity contribution in [3.8, 4) is 0 Å². The smallest absolute Gasteiger partial charge is 0.0376 e. The van der Waals surface area contributed by atoms with Gasteiger partial charge in [-0.1, -0.05) is 18.2 Å². The van der Waals surface area contributed by atoms with E-state index in [-0.39, 0.29) is 0 Å². The first-order chi connectivity index (χ1) is 9.74. The summed E-state index contributed by atoms with van der Waals surface area (Å²) in [6.07, 6.45) is 3.91. The summed E-state index contributed by atoms with van der Waals surface area (Å²) in [6.45, 7) is 4.87. The maximum Gasteiger partial charge on any atom is 0.0376 e. The van der Waals surface area contributed by atoms with Crippen molar-refractivity contribution < 1.29 is 0 Å². The fourth-order valence-corrected chi connectivity index (χ4v) is 3.67. The number of nitrogens with zero attached hydrogens (tertiary/aromatic N) is 2.